The average Bonchev–Trinajstić information content (AvgIpc) is 3.08. The van der Waals surface area contributed by atoms with E-state index in [0.717, 1.165) is 47.3 Å². The van der Waals surface area contributed by atoms with E-state index in [4.69, 9.17) is 9.73 Å². The van der Waals surface area contributed by atoms with Crippen molar-refractivity contribution in [3.63, 3.8) is 0 Å². The maximum Gasteiger partial charge on any atom is 0.194 e. The summed E-state index contributed by atoms with van der Waals surface area (Å²) in [7, 11) is 5.82. The number of benzene rings is 1. The average molecular weight is 540 g/mol. The molecular weight excluding hydrogens is 503 g/mol. The monoisotopic (exact) mass is 540 g/mol. The Morgan fingerprint density at radius 2 is 1.87 bits per heavy atom. The number of methoxy groups -OCH3 is 1. The van der Waals surface area contributed by atoms with E-state index in [1.807, 2.05) is 30.7 Å². The minimum absolute atomic E-state index is 0. The maximum atomic E-state index is 5.25. The summed E-state index contributed by atoms with van der Waals surface area (Å²) in [6.07, 6.45) is 5.28. The van der Waals surface area contributed by atoms with Crippen LogP contribution < -0.4 is 10.1 Å². The molecule has 0 radical (unpaired) electrons. The number of rotatable bonds is 7. The quantitative estimate of drug-likeness (QED) is 0.325. The summed E-state index contributed by atoms with van der Waals surface area (Å²) in [6, 6.07) is 8.09. The highest BCUT2D eigenvalue weighted by Crippen LogP contribution is 2.28. The summed E-state index contributed by atoms with van der Waals surface area (Å²) in [6.45, 7) is 6.58. The molecule has 3 rings (SSSR count). The predicted octanol–water partition coefficient (Wildman–Crippen LogP) is 4.15. The van der Waals surface area contributed by atoms with Gasteiger partial charge in [-0.05, 0) is 49.3 Å². The van der Waals surface area contributed by atoms with Crippen molar-refractivity contribution in [3.05, 3.63) is 41.5 Å². The summed E-state index contributed by atoms with van der Waals surface area (Å²) in [5.41, 5.74) is 1.16. The van der Waals surface area contributed by atoms with Gasteiger partial charge in [-0.1, -0.05) is 31.9 Å². The van der Waals surface area contributed by atoms with Crippen molar-refractivity contribution in [3.8, 4) is 5.75 Å². The van der Waals surface area contributed by atoms with Gasteiger partial charge in [0.25, 0.3) is 0 Å². The molecule has 1 aromatic carbocycles. The first-order valence-electron chi connectivity index (χ1n) is 10.9. The van der Waals surface area contributed by atoms with E-state index in [1.54, 1.807) is 7.11 Å². The SMILES string of the molecule is COc1ccc(CN=C(NCc2nnc(C)n2C)N(C)CC2CCC(C)CC2)cc1.I. The van der Waals surface area contributed by atoms with Gasteiger partial charge in [0.05, 0.1) is 20.2 Å². The normalized spacial score (nSPS) is 18.9. The van der Waals surface area contributed by atoms with Crippen LogP contribution in [0.1, 0.15) is 49.8 Å². The van der Waals surface area contributed by atoms with Crippen molar-refractivity contribution in [1.29, 1.82) is 0 Å². The van der Waals surface area contributed by atoms with Crippen molar-refractivity contribution in [2.45, 2.75) is 52.6 Å². The Kier molecular flexibility index (Phi) is 10.1. The second-order valence-corrected chi connectivity index (χ2v) is 8.57. The smallest absolute Gasteiger partial charge is 0.194 e. The molecule has 0 bridgehead atoms. The van der Waals surface area contributed by atoms with Crippen LogP contribution in [0.25, 0.3) is 0 Å². The fourth-order valence-corrected chi connectivity index (χ4v) is 3.96. The molecule has 1 aromatic heterocycles. The van der Waals surface area contributed by atoms with E-state index < -0.39 is 0 Å². The van der Waals surface area contributed by atoms with E-state index in [-0.39, 0.29) is 24.0 Å². The summed E-state index contributed by atoms with van der Waals surface area (Å²) in [4.78, 5) is 7.19. The van der Waals surface area contributed by atoms with Crippen LogP contribution in [0.5, 0.6) is 5.75 Å². The Labute approximate surface area is 203 Å². The molecule has 0 unspecified atom stereocenters. The van der Waals surface area contributed by atoms with Gasteiger partial charge in [-0.25, -0.2) is 4.99 Å². The standard InChI is InChI=1S/C23H36N6O.HI/c1-17-6-8-20(9-7-17)16-28(3)23(25-15-22-27-26-18(2)29(22)4)24-14-19-10-12-21(30-5)13-11-19;/h10-13,17,20H,6-9,14-16H2,1-5H3,(H,24,25);1H. The number of guanidine groups is 1. The molecule has 0 aliphatic heterocycles. The highest BCUT2D eigenvalue weighted by molar-refractivity contribution is 14.0. The number of hydrogen-bond donors (Lipinski definition) is 1. The fraction of sp³-hybridized carbons (Fsp3) is 0.609. The fourth-order valence-electron chi connectivity index (χ4n) is 3.96. The molecule has 1 N–H and O–H groups in total. The number of aliphatic imine (C=N–C) groups is 1. The van der Waals surface area contributed by atoms with E-state index in [2.05, 4.69) is 46.5 Å². The van der Waals surface area contributed by atoms with E-state index >= 15 is 0 Å². The van der Waals surface area contributed by atoms with Gasteiger partial charge in [-0.3, -0.25) is 0 Å². The van der Waals surface area contributed by atoms with Gasteiger partial charge < -0.3 is 19.5 Å². The maximum absolute atomic E-state index is 5.25. The minimum Gasteiger partial charge on any atom is -0.497 e. The van der Waals surface area contributed by atoms with Crippen LogP contribution in [0, 0.1) is 18.8 Å². The van der Waals surface area contributed by atoms with Crippen molar-refractivity contribution < 1.29 is 4.74 Å². The highest BCUT2D eigenvalue weighted by Gasteiger charge is 2.21. The number of aromatic nitrogens is 3. The highest BCUT2D eigenvalue weighted by atomic mass is 127. The van der Waals surface area contributed by atoms with Crippen molar-refractivity contribution in [1.82, 2.24) is 25.0 Å². The lowest BCUT2D eigenvalue weighted by Gasteiger charge is -2.31. The molecule has 0 amide bonds. The van der Waals surface area contributed by atoms with Gasteiger partial charge in [-0.15, -0.1) is 34.2 Å². The molecule has 1 heterocycles. The summed E-state index contributed by atoms with van der Waals surface area (Å²) in [5, 5.41) is 11.9. The zero-order valence-corrected chi connectivity index (χ0v) is 21.8. The van der Waals surface area contributed by atoms with E-state index in [0.29, 0.717) is 13.1 Å². The van der Waals surface area contributed by atoms with E-state index in [9.17, 15) is 0 Å². The van der Waals surface area contributed by atoms with Gasteiger partial charge in [0.2, 0.25) is 0 Å². The molecule has 1 aliphatic carbocycles. The number of ether oxygens (including phenoxy) is 1. The van der Waals surface area contributed by atoms with Gasteiger partial charge in [-0.2, -0.15) is 0 Å². The third-order valence-corrected chi connectivity index (χ3v) is 6.19. The third kappa shape index (κ3) is 7.36. The Morgan fingerprint density at radius 3 is 2.45 bits per heavy atom. The number of aryl methyl sites for hydroxylation is 1. The molecule has 0 spiro atoms. The number of nitrogens with zero attached hydrogens (tertiary/aromatic N) is 5. The van der Waals surface area contributed by atoms with Gasteiger partial charge in [0.15, 0.2) is 11.8 Å². The number of halogens is 1. The molecule has 31 heavy (non-hydrogen) atoms. The van der Waals surface area contributed by atoms with E-state index in [1.165, 1.54) is 25.7 Å². The lowest BCUT2D eigenvalue weighted by atomic mass is 9.83. The van der Waals surface area contributed by atoms with Gasteiger partial charge in [0, 0.05) is 20.6 Å². The largest absolute Gasteiger partial charge is 0.497 e. The van der Waals surface area contributed by atoms with Crippen molar-refractivity contribution in [2.24, 2.45) is 23.9 Å². The molecule has 0 saturated heterocycles. The molecule has 172 valence electrons. The number of hydrogen-bond acceptors (Lipinski definition) is 4. The van der Waals surface area contributed by atoms with Crippen LogP contribution in [-0.4, -0.2) is 46.3 Å². The van der Waals surface area contributed by atoms with Crippen LogP contribution >= 0.6 is 24.0 Å². The Hall–Kier alpha value is -1.84. The predicted molar refractivity (Wildman–Crippen MR) is 136 cm³/mol. The lowest BCUT2D eigenvalue weighted by molar-refractivity contribution is 0.250. The second-order valence-electron chi connectivity index (χ2n) is 8.57. The van der Waals surface area contributed by atoms with Crippen LogP contribution in [0.15, 0.2) is 29.3 Å². The van der Waals surface area contributed by atoms with Crippen LogP contribution in [0.2, 0.25) is 0 Å². The van der Waals surface area contributed by atoms with Crippen molar-refractivity contribution >= 4 is 29.9 Å². The summed E-state index contributed by atoms with van der Waals surface area (Å²) < 4.78 is 7.26. The van der Waals surface area contributed by atoms with Crippen LogP contribution in [-0.2, 0) is 20.1 Å². The lowest BCUT2D eigenvalue weighted by Crippen LogP contribution is -2.42. The summed E-state index contributed by atoms with van der Waals surface area (Å²) >= 11 is 0. The van der Waals surface area contributed by atoms with Gasteiger partial charge >= 0.3 is 0 Å². The molecular formula is C23H37IN6O. The van der Waals surface area contributed by atoms with Gasteiger partial charge in [0.1, 0.15) is 11.6 Å². The molecule has 0 atom stereocenters. The molecule has 1 fully saturated rings. The van der Waals surface area contributed by atoms with Crippen molar-refractivity contribution in [2.75, 3.05) is 20.7 Å². The Bertz CT molecular complexity index is 827. The second kappa shape index (κ2) is 12.3. The Morgan fingerprint density at radius 1 is 1.19 bits per heavy atom. The molecule has 1 saturated carbocycles. The minimum atomic E-state index is 0. The zero-order chi connectivity index (χ0) is 21.5. The number of nitrogens with one attached hydrogen (secondary N) is 1. The zero-order valence-electron chi connectivity index (χ0n) is 19.5. The van der Waals surface area contributed by atoms with Crippen LogP contribution in [0.3, 0.4) is 0 Å². The topological polar surface area (TPSA) is 67.6 Å². The molecule has 7 nitrogen and oxygen atoms in total. The molecule has 1 aliphatic rings. The molecule has 2 aromatic rings. The summed E-state index contributed by atoms with van der Waals surface area (Å²) in [5.74, 6) is 5.19. The third-order valence-electron chi connectivity index (χ3n) is 6.19. The first-order valence-corrected chi connectivity index (χ1v) is 10.9. The first-order chi connectivity index (χ1) is 14.5. The molecule has 8 heteroatoms. The first kappa shape index (κ1) is 25.4. The van der Waals surface area contributed by atoms with Crippen LogP contribution in [0.4, 0.5) is 0 Å². The Balaban J connectivity index is 0.00000341.